The van der Waals surface area contributed by atoms with Crippen LogP contribution in [0.4, 0.5) is 0 Å². The summed E-state index contributed by atoms with van der Waals surface area (Å²) in [5.74, 6) is 0.670. The van der Waals surface area contributed by atoms with E-state index in [-0.39, 0.29) is 47.3 Å². The van der Waals surface area contributed by atoms with Crippen molar-refractivity contribution in [2.75, 3.05) is 12.2 Å². The molecule has 0 amide bonds. The summed E-state index contributed by atoms with van der Waals surface area (Å²) >= 11 is 1.67. The van der Waals surface area contributed by atoms with E-state index in [0.29, 0.717) is 18.3 Å². The molecule has 2 spiro atoms. The fourth-order valence-electron chi connectivity index (χ4n) is 8.66. The number of fused-ring (bicyclic) bond motifs is 4. The lowest BCUT2D eigenvalue weighted by Gasteiger charge is -2.54. The predicted octanol–water partition coefficient (Wildman–Crippen LogP) is 2.59. The van der Waals surface area contributed by atoms with Gasteiger partial charge in [0.2, 0.25) is 0 Å². The number of carbonyl (C=O) groups is 1. The topological polar surface area (TPSA) is 93.4 Å². The Hall–Kier alpha value is -0.640. The van der Waals surface area contributed by atoms with E-state index in [4.69, 9.17) is 23.7 Å². The van der Waals surface area contributed by atoms with Crippen LogP contribution in [0.15, 0.2) is 11.1 Å². The summed E-state index contributed by atoms with van der Waals surface area (Å²) in [5, 5.41) is 10.9. The Balaban J connectivity index is 1.35. The Labute approximate surface area is 198 Å². The van der Waals surface area contributed by atoms with Crippen molar-refractivity contribution in [3.63, 3.8) is 0 Å². The average Bonchev–Trinajstić information content (AvgIpc) is 3.62. The predicted molar refractivity (Wildman–Crippen MR) is 120 cm³/mol. The standard InChI is InChI=1S/C25H34O7S/c1-11(2)23-17(31-23)18-25(32-18)22(5)8-7-12-15(16(21(3,4)27)29-19(12)26)13(22)9-14-24(25,30-14)20(23)28-10-33-6/h11,13-14,16-18,20,27H,7-10H2,1-6H3/t13-,14-,16?,17-,18-,20+,22-,23-,24+,25+/m0/s1. The van der Waals surface area contributed by atoms with Crippen molar-refractivity contribution in [2.24, 2.45) is 17.3 Å². The van der Waals surface area contributed by atoms with Gasteiger partial charge in [0.15, 0.2) is 11.7 Å². The normalized spacial score (nSPS) is 55.1. The number of epoxide rings is 3. The molecule has 0 aromatic carbocycles. The second-order valence-corrected chi connectivity index (χ2v) is 13.1. The molecule has 1 unspecified atom stereocenters. The molecule has 4 heterocycles. The van der Waals surface area contributed by atoms with Crippen molar-refractivity contribution >= 4 is 17.7 Å². The zero-order chi connectivity index (χ0) is 23.3. The van der Waals surface area contributed by atoms with E-state index in [1.165, 1.54) is 0 Å². The highest BCUT2D eigenvalue weighted by molar-refractivity contribution is 7.98. The second kappa shape index (κ2) is 6.01. The molecule has 7 nitrogen and oxygen atoms in total. The monoisotopic (exact) mass is 478 g/mol. The number of hydrogen-bond acceptors (Lipinski definition) is 8. The van der Waals surface area contributed by atoms with Crippen LogP contribution in [0.5, 0.6) is 0 Å². The summed E-state index contributed by atoms with van der Waals surface area (Å²) in [7, 11) is 0. The molecule has 5 fully saturated rings. The molecular formula is C25H34O7S. The van der Waals surface area contributed by atoms with E-state index in [0.717, 1.165) is 24.0 Å². The van der Waals surface area contributed by atoms with Gasteiger partial charge < -0.3 is 28.8 Å². The fourth-order valence-corrected chi connectivity index (χ4v) is 8.93. The quantitative estimate of drug-likeness (QED) is 0.366. The molecule has 0 radical (unpaired) electrons. The van der Waals surface area contributed by atoms with Gasteiger partial charge in [-0.3, -0.25) is 0 Å². The molecule has 7 aliphatic rings. The van der Waals surface area contributed by atoms with Crippen LogP contribution in [0.2, 0.25) is 0 Å². The maximum atomic E-state index is 12.8. The molecule has 3 aliphatic carbocycles. The smallest absolute Gasteiger partial charge is 0.334 e. The Morgan fingerprint density at radius 3 is 2.67 bits per heavy atom. The molecule has 182 valence electrons. The second-order valence-electron chi connectivity index (χ2n) is 12.3. The number of hydrogen-bond donors (Lipinski definition) is 1. The summed E-state index contributed by atoms with van der Waals surface area (Å²) in [4.78, 5) is 12.8. The van der Waals surface area contributed by atoms with Crippen molar-refractivity contribution in [1.82, 2.24) is 0 Å². The van der Waals surface area contributed by atoms with Crippen LogP contribution in [0.1, 0.15) is 53.9 Å². The fraction of sp³-hybridized carbons (Fsp3) is 0.880. The molecule has 33 heavy (non-hydrogen) atoms. The Morgan fingerprint density at radius 2 is 2.00 bits per heavy atom. The lowest BCUT2D eigenvalue weighted by Crippen LogP contribution is -2.70. The Kier molecular flexibility index (Phi) is 3.94. The van der Waals surface area contributed by atoms with Crippen LogP contribution in [0.25, 0.3) is 0 Å². The molecule has 0 bridgehead atoms. The van der Waals surface area contributed by atoms with Gasteiger partial charge in [-0.15, -0.1) is 11.8 Å². The first-order valence-corrected chi connectivity index (χ1v) is 13.7. The number of aliphatic hydroxyl groups is 1. The molecular weight excluding hydrogens is 444 g/mol. The Bertz CT molecular complexity index is 988. The number of ether oxygens (including phenoxy) is 5. The molecule has 4 aliphatic heterocycles. The third-order valence-corrected chi connectivity index (χ3v) is 10.5. The van der Waals surface area contributed by atoms with Crippen LogP contribution >= 0.6 is 11.8 Å². The van der Waals surface area contributed by atoms with Crippen molar-refractivity contribution in [3.8, 4) is 0 Å². The van der Waals surface area contributed by atoms with Crippen molar-refractivity contribution in [3.05, 3.63) is 11.1 Å². The van der Waals surface area contributed by atoms with Crippen LogP contribution in [0.3, 0.4) is 0 Å². The first-order chi connectivity index (χ1) is 15.5. The highest BCUT2D eigenvalue weighted by Crippen LogP contribution is 2.83. The van der Waals surface area contributed by atoms with E-state index in [1.807, 2.05) is 6.26 Å². The van der Waals surface area contributed by atoms with Crippen LogP contribution in [0, 0.1) is 17.3 Å². The van der Waals surface area contributed by atoms with E-state index >= 15 is 0 Å². The summed E-state index contributed by atoms with van der Waals surface area (Å²) in [6.45, 7) is 10.2. The molecule has 8 heteroatoms. The summed E-state index contributed by atoms with van der Waals surface area (Å²) < 4.78 is 32.3. The van der Waals surface area contributed by atoms with Crippen LogP contribution < -0.4 is 0 Å². The van der Waals surface area contributed by atoms with Gasteiger partial charge in [-0.25, -0.2) is 4.79 Å². The van der Waals surface area contributed by atoms with E-state index in [2.05, 4.69) is 20.8 Å². The SMILES string of the molecule is CSCO[C@@H]1[C@@]2(C(C)C)O[C@H]2[C@@H]2O[C@]23[C@]12O[C@H]2C[C@H]1C2=C(CC[C@@]13C)C(=O)OC2C(C)(C)O. The summed E-state index contributed by atoms with van der Waals surface area (Å²) in [6, 6.07) is 0. The molecule has 0 aromatic rings. The summed E-state index contributed by atoms with van der Waals surface area (Å²) in [5.41, 5.74) is -1.03. The van der Waals surface area contributed by atoms with Gasteiger partial charge in [0.1, 0.15) is 29.5 Å². The van der Waals surface area contributed by atoms with Crippen LogP contribution in [-0.2, 0) is 28.5 Å². The van der Waals surface area contributed by atoms with Gasteiger partial charge in [-0.05, 0) is 56.8 Å². The highest BCUT2D eigenvalue weighted by Gasteiger charge is 3.00. The van der Waals surface area contributed by atoms with E-state index in [1.54, 1.807) is 25.6 Å². The molecule has 0 aromatic heterocycles. The van der Waals surface area contributed by atoms with Gasteiger partial charge >= 0.3 is 5.97 Å². The van der Waals surface area contributed by atoms with Crippen molar-refractivity contribution < 1.29 is 33.6 Å². The van der Waals surface area contributed by atoms with Gasteiger partial charge in [0, 0.05) is 11.0 Å². The number of thioether (sulfide) groups is 1. The first-order valence-electron chi connectivity index (χ1n) is 12.3. The first kappa shape index (κ1) is 21.6. The number of rotatable bonds is 5. The minimum Gasteiger partial charge on any atom is -0.451 e. The number of cyclic esters (lactones) is 1. The minimum absolute atomic E-state index is 0.0114. The Morgan fingerprint density at radius 1 is 1.24 bits per heavy atom. The molecule has 7 rings (SSSR count). The molecule has 2 saturated carbocycles. The number of esters is 1. The molecule has 3 saturated heterocycles. The highest BCUT2D eigenvalue weighted by atomic mass is 32.2. The van der Waals surface area contributed by atoms with Gasteiger partial charge in [-0.1, -0.05) is 20.8 Å². The summed E-state index contributed by atoms with van der Waals surface area (Å²) in [6.07, 6.45) is 3.48. The third kappa shape index (κ3) is 2.14. The molecule has 10 atom stereocenters. The maximum absolute atomic E-state index is 12.8. The van der Waals surface area contributed by atoms with Gasteiger partial charge in [-0.2, -0.15) is 0 Å². The minimum atomic E-state index is -1.14. The van der Waals surface area contributed by atoms with E-state index < -0.39 is 22.9 Å². The average molecular weight is 479 g/mol. The maximum Gasteiger partial charge on any atom is 0.334 e. The van der Waals surface area contributed by atoms with Crippen molar-refractivity contribution in [1.29, 1.82) is 0 Å². The molecule has 1 N–H and O–H groups in total. The van der Waals surface area contributed by atoms with Crippen molar-refractivity contribution in [2.45, 2.75) is 107 Å². The number of carbonyl (C=O) groups excluding carboxylic acids is 1. The van der Waals surface area contributed by atoms with Gasteiger partial charge in [0.25, 0.3) is 0 Å². The van der Waals surface area contributed by atoms with E-state index in [9.17, 15) is 9.90 Å². The zero-order valence-corrected chi connectivity index (χ0v) is 21.0. The van der Waals surface area contributed by atoms with Crippen LogP contribution in [-0.4, -0.2) is 76.2 Å². The van der Waals surface area contributed by atoms with Gasteiger partial charge in [0.05, 0.1) is 17.6 Å². The zero-order valence-electron chi connectivity index (χ0n) is 20.2. The largest absolute Gasteiger partial charge is 0.451 e. The lowest BCUT2D eigenvalue weighted by molar-refractivity contribution is -0.149. The third-order valence-electron chi connectivity index (χ3n) is 10.1. The lowest BCUT2D eigenvalue weighted by atomic mass is 9.46.